The first-order valence-electron chi connectivity index (χ1n) is 9.69. The highest BCUT2D eigenvalue weighted by atomic mass is 16.1. The Morgan fingerprint density at radius 2 is 1.88 bits per heavy atom. The summed E-state index contributed by atoms with van der Waals surface area (Å²) in [4.78, 5) is 17.0. The average molecular weight is 354 g/mol. The van der Waals surface area contributed by atoms with E-state index in [0.29, 0.717) is 18.4 Å². The van der Waals surface area contributed by atoms with Crippen LogP contribution in [0.4, 0.5) is 0 Å². The molecule has 0 aliphatic heterocycles. The zero-order chi connectivity index (χ0) is 18.6. The third-order valence-electron chi connectivity index (χ3n) is 5.98. The van der Waals surface area contributed by atoms with Crippen molar-refractivity contribution in [1.29, 1.82) is 0 Å². The van der Waals surface area contributed by atoms with Crippen LogP contribution in [-0.2, 0) is 16.9 Å². The van der Waals surface area contributed by atoms with Crippen LogP contribution in [0, 0.1) is 11.3 Å². The Kier molecular flexibility index (Phi) is 5.49. The van der Waals surface area contributed by atoms with Gasteiger partial charge in [0.05, 0.1) is 24.2 Å². The van der Waals surface area contributed by atoms with Crippen LogP contribution in [0.25, 0.3) is 0 Å². The number of rotatable bonds is 5. The molecule has 3 rings (SSSR count). The van der Waals surface area contributed by atoms with Gasteiger partial charge < -0.3 is 9.88 Å². The standard InChI is InChI=1S/C22H31N3O/c1-21(2,3)18-9-11-22(12-10-18,25-14-6-7-15-25)16-20(26)24-17-19-8-4-5-13-23-19/h4-8,13-15,18H,9-12,16-17H2,1-3H3,(H,24,26). The van der Waals surface area contributed by atoms with Crippen LogP contribution < -0.4 is 5.32 Å². The smallest absolute Gasteiger partial charge is 0.222 e. The molecule has 1 saturated carbocycles. The quantitative estimate of drug-likeness (QED) is 0.859. The predicted molar refractivity (Wildman–Crippen MR) is 105 cm³/mol. The van der Waals surface area contributed by atoms with Crippen molar-refractivity contribution in [2.75, 3.05) is 0 Å². The number of hydrogen-bond donors (Lipinski definition) is 1. The van der Waals surface area contributed by atoms with Crippen molar-refractivity contribution in [3.63, 3.8) is 0 Å². The van der Waals surface area contributed by atoms with Crippen LogP contribution in [0.15, 0.2) is 48.9 Å². The van der Waals surface area contributed by atoms with Gasteiger partial charge in [-0.15, -0.1) is 0 Å². The molecule has 4 heteroatoms. The van der Waals surface area contributed by atoms with E-state index in [4.69, 9.17) is 0 Å². The summed E-state index contributed by atoms with van der Waals surface area (Å²) >= 11 is 0. The van der Waals surface area contributed by atoms with Gasteiger partial charge in [0.1, 0.15) is 0 Å². The lowest BCUT2D eigenvalue weighted by atomic mass is 9.66. The molecule has 1 N–H and O–H groups in total. The molecule has 1 fully saturated rings. The minimum atomic E-state index is -0.0978. The van der Waals surface area contributed by atoms with E-state index in [1.165, 1.54) is 12.8 Å². The number of pyridine rings is 1. The molecule has 140 valence electrons. The Morgan fingerprint density at radius 1 is 1.19 bits per heavy atom. The summed E-state index contributed by atoms with van der Waals surface area (Å²) in [5.74, 6) is 0.835. The molecule has 0 spiro atoms. The van der Waals surface area contributed by atoms with Gasteiger partial charge in [0.15, 0.2) is 0 Å². The van der Waals surface area contributed by atoms with Crippen molar-refractivity contribution in [3.8, 4) is 0 Å². The zero-order valence-corrected chi connectivity index (χ0v) is 16.2. The maximum Gasteiger partial charge on any atom is 0.222 e. The van der Waals surface area contributed by atoms with Gasteiger partial charge in [-0.2, -0.15) is 0 Å². The second kappa shape index (κ2) is 7.65. The SMILES string of the molecule is CC(C)(C)C1CCC(CC(=O)NCc2ccccn2)(n2cccc2)CC1. The lowest BCUT2D eigenvalue weighted by Crippen LogP contribution is -2.43. The van der Waals surface area contributed by atoms with Crippen molar-refractivity contribution in [1.82, 2.24) is 14.9 Å². The second-order valence-corrected chi connectivity index (χ2v) is 8.73. The summed E-state index contributed by atoms with van der Waals surface area (Å²) in [6.07, 6.45) is 11.0. The average Bonchev–Trinajstić information content (AvgIpc) is 3.16. The van der Waals surface area contributed by atoms with Crippen molar-refractivity contribution in [2.45, 2.75) is 65.0 Å². The molecule has 0 saturated heterocycles. The molecule has 1 amide bonds. The Labute approximate surface area is 157 Å². The summed E-state index contributed by atoms with van der Waals surface area (Å²) in [6, 6.07) is 9.90. The minimum Gasteiger partial charge on any atom is -0.350 e. The number of hydrogen-bond acceptors (Lipinski definition) is 2. The molecule has 2 aromatic heterocycles. The van der Waals surface area contributed by atoms with Gasteiger partial charge >= 0.3 is 0 Å². The van der Waals surface area contributed by atoms with Crippen LogP contribution in [0.5, 0.6) is 0 Å². The molecule has 2 heterocycles. The van der Waals surface area contributed by atoms with Gasteiger partial charge in [-0.25, -0.2) is 0 Å². The molecule has 1 aliphatic carbocycles. The highest BCUT2D eigenvalue weighted by Gasteiger charge is 2.40. The van der Waals surface area contributed by atoms with Gasteiger partial charge in [0.2, 0.25) is 5.91 Å². The molecule has 0 unspecified atom stereocenters. The topological polar surface area (TPSA) is 46.9 Å². The van der Waals surface area contributed by atoms with Gasteiger partial charge in [-0.3, -0.25) is 9.78 Å². The molecule has 0 bridgehead atoms. The van der Waals surface area contributed by atoms with Crippen LogP contribution in [0.1, 0.15) is 58.6 Å². The normalized spacial score (nSPS) is 23.6. The molecule has 1 aliphatic rings. The molecule has 4 nitrogen and oxygen atoms in total. The van der Waals surface area contributed by atoms with Gasteiger partial charge in [-0.1, -0.05) is 26.8 Å². The van der Waals surface area contributed by atoms with Gasteiger partial charge in [0, 0.05) is 18.6 Å². The van der Waals surface area contributed by atoms with Crippen LogP contribution in [-0.4, -0.2) is 15.5 Å². The number of nitrogens with zero attached hydrogens (tertiary/aromatic N) is 2. The number of carbonyl (C=O) groups excluding carboxylic acids is 1. The van der Waals surface area contributed by atoms with Crippen molar-refractivity contribution in [3.05, 3.63) is 54.6 Å². The maximum absolute atomic E-state index is 12.7. The van der Waals surface area contributed by atoms with Gasteiger partial charge in [0.25, 0.3) is 0 Å². The van der Waals surface area contributed by atoms with E-state index in [2.05, 4.69) is 60.2 Å². The highest BCUT2D eigenvalue weighted by Crippen LogP contribution is 2.46. The third-order valence-corrected chi connectivity index (χ3v) is 5.98. The Morgan fingerprint density at radius 3 is 2.46 bits per heavy atom. The lowest BCUT2D eigenvalue weighted by molar-refractivity contribution is -0.124. The largest absolute Gasteiger partial charge is 0.350 e. The summed E-state index contributed by atoms with van der Waals surface area (Å²) in [6.45, 7) is 7.49. The fourth-order valence-electron chi connectivity index (χ4n) is 4.25. The van der Waals surface area contributed by atoms with Crippen molar-refractivity contribution < 1.29 is 4.79 Å². The third kappa shape index (κ3) is 4.35. The number of aromatic nitrogens is 2. The fourth-order valence-corrected chi connectivity index (χ4v) is 4.25. The van der Waals surface area contributed by atoms with E-state index in [9.17, 15) is 4.79 Å². The van der Waals surface area contributed by atoms with E-state index in [1.54, 1.807) is 6.20 Å². The second-order valence-electron chi connectivity index (χ2n) is 8.73. The Bertz CT molecular complexity index is 693. The fraction of sp³-hybridized carbons (Fsp3) is 0.545. The van der Waals surface area contributed by atoms with Crippen LogP contribution in [0.2, 0.25) is 0 Å². The molecule has 0 radical (unpaired) electrons. The first-order valence-corrected chi connectivity index (χ1v) is 9.69. The van der Waals surface area contributed by atoms with Crippen molar-refractivity contribution in [2.24, 2.45) is 11.3 Å². The monoisotopic (exact) mass is 353 g/mol. The van der Waals surface area contributed by atoms with Crippen molar-refractivity contribution >= 4 is 5.91 Å². The highest BCUT2D eigenvalue weighted by molar-refractivity contribution is 5.77. The Balaban J connectivity index is 1.67. The van der Waals surface area contributed by atoms with E-state index < -0.39 is 0 Å². The van der Waals surface area contributed by atoms with E-state index in [-0.39, 0.29) is 11.4 Å². The molecular formula is C22H31N3O. The van der Waals surface area contributed by atoms with E-state index in [1.807, 2.05) is 18.2 Å². The predicted octanol–water partition coefficient (Wildman–Crippen LogP) is 4.52. The number of amides is 1. The summed E-state index contributed by atoms with van der Waals surface area (Å²) in [5, 5.41) is 3.06. The van der Waals surface area contributed by atoms with E-state index >= 15 is 0 Å². The molecule has 2 aromatic rings. The first-order chi connectivity index (χ1) is 12.4. The molecule has 0 atom stereocenters. The summed E-state index contributed by atoms with van der Waals surface area (Å²) < 4.78 is 2.27. The lowest BCUT2D eigenvalue weighted by Gasteiger charge is -2.45. The summed E-state index contributed by atoms with van der Waals surface area (Å²) in [5.41, 5.74) is 1.14. The summed E-state index contributed by atoms with van der Waals surface area (Å²) in [7, 11) is 0. The maximum atomic E-state index is 12.7. The molecule has 26 heavy (non-hydrogen) atoms. The van der Waals surface area contributed by atoms with E-state index in [0.717, 1.165) is 24.5 Å². The number of nitrogens with one attached hydrogen (secondary N) is 1. The number of carbonyl (C=O) groups is 1. The minimum absolute atomic E-state index is 0.0978. The first kappa shape index (κ1) is 18.7. The Hall–Kier alpha value is -2.10. The van der Waals surface area contributed by atoms with Crippen LogP contribution in [0.3, 0.4) is 0 Å². The van der Waals surface area contributed by atoms with Crippen LogP contribution >= 0.6 is 0 Å². The zero-order valence-electron chi connectivity index (χ0n) is 16.2. The molecule has 0 aromatic carbocycles. The van der Waals surface area contributed by atoms with Gasteiger partial charge in [-0.05, 0) is 61.3 Å². The molecular weight excluding hydrogens is 322 g/mol.